The van der Waals surface area contributed by atoms with Crippen molar-refractivity contribution in [1.82, 2.24) is 19.1 Å². The lowest BCUT2D eigenvalue weighted by atomic mass is 10.2. The highest BCUT2D eigenvalue weighted by atomic mass is 79.9. The molecule has 0 bridgehead atoms. The van der Waals surface area contributed by atoms with Crippen LogP contribution in [0.25, 0.3) is 56.2 Å². The first-order valence-electron chi connectivity index (χ1n) is 14.2. The molecule has 0 radical (unpaired) electrons. The molecule has 0 atom stereocenters. The normalized spacial score (nSPS) is 11.0. The van der Waals surface area contributed by atoms with Crippen molar-refractivity contribution in [2.24, 2.45) is 0 Å². The molecule has 0 saturated heterocycles. The molecule has 0 aliphatic carbocycles. The van der Waals surface area contributed by atoms with Crippen molar-refractivity contribution in [3.05, 3.63) is 167 Å². The molecule has 212 valence electrons. The minimum absolute atomic E-state index is 0.958. The van der Waals surface area contributed by atoms with Gasteiger partial charge in [0.1, 0.15) is 11.6 Å². The molecule has 0 spiro atoms. The second-order valence-corrected chi connectivity index (χ2v) is 12.0. The lowest BCUT2D eigenvalue weighted by Gasteiger charge is -2.09. The zero-order chi connectivity index (χ0) is 29.9. The van der Waals surface area contributed by atoms with Gasteiger partial charge in [0.2, 0.25) is 0 Å². The highest BCUT2D eigenvalue weighted by Gasteiger charge is 2.15. The Hall–Kier alpha value is -4.78. The number of nitrogens with zero attached hydrogens (tertiary/aromatic N) is 4. The molecular weight excluding hydrogens is 672 g/mol. The molecule has 6 aromatic carbocycles. The summed E-state index contributed by atoms with van der Waals surface area (Å²) in [6.07, 6.45) is 0. The van der Waals surface area contributed by atoms with E-state index in [0.29, 0.717) is 0 Å². The molecule has 0 saturated carbocycles. The van der Waals surface area contributed by atoms with E-state index in [1.54, 1.807) is 0 Å². The van der Waals surface area contributed by atoms with Crippen LogP contribution in [-0.2, 0) is 0 Å². The second kappa shape index (κ2) is 12.4. The van der Waals surface area contributed by atoms with Gasteiger partial charge in [-0.2, -0.15) is 0 Å². The molecule has 0 aliphatic heterocycles. The third-order valence-electron chi connectivity index (χ3n) is 7.36. The van der Waals surface area contributed by atoms with Gasteiger partial charge in [0, 0.05) is 31.4 Å². The molecule has 0 fully saturated rings. The first kappa shape index (κ1) is 28.0. The molecule has 0 N–H and O–H groups in total. The summed E-state index contributed by atoms with van der Waals surface area (Å²) in [5.41, 5.74) is 8.68. The number of benzene rings is 6. The van der Waals surface area contributed by atoms with Crippen LogP contribution >= 0.6 is 31.9 Å². The zero-order valence-electron chi connectivity index (χ0n) is 23.6. The number of hydrogen-bond acceptors (Lipinski definition) is 2. The van der Waals surface area contributed by atoms with E-state index in [0.717, 1.165) is 65.2 Å². The maximum absolute atomic E-state index is 4.84. The third kappa shape index (κ3) is 5.62. The summed E-state index contributed by atoms with van der Waals surface area (Å²) in [5.74, 6) is 1.92. The van der Waals surface area contributed by atoms with E-state index in [4.69, 9.17) is 9.97 Å². The van der Waals surface area contributed by atoms with E-state index in [1.807, 2.05) is 48.5 Å². The van der Waals surface area contributed by atoms with Crippen molar-refractivity contribution < 1.29 is 0 Å². The van der Waals surface area contributed by atoms with Crippen LogP contribution in [0.2, 0.25) is 0 Å². The second-order valence-electron chi connectivity index (χ2n) is 10.2. The zero-order valence-corrected chi connectivity index (χ0v) is 26.7. The number of fused-ring (bicyclic) bond motifs is 2. The van der Waals surface area contributed by atoms with Gasteiger partial charge < -0.3 is 0 Å². The highest BCUT2D eigenvalue weighted by molar-refractivity contribution is 9.10. The fourth-order valence-electron chi connectivity index (χ4n) is 5.31. The van der Waals surface area contributed by atoms with Crippen LogP contribution in [0, 0.1) is 0 Å². The van der Waals surface area contributed by atoms with Crippen molar-refractivity contribution in [3.8, 4) is 34.2 Å². The molecular formula is C38H26Br2N4. The fraction of sp³-hybridized carbons (Fsp3) is 0. The van der Waals surface area contributed by atoms with Crippen LogP contribution in [0.1, 0.15) is 0 Å². The van der Waals surface area contributed by atoms with E-state index in [2.05, 4.69) is 150 Å². The number of aromatic nitrogens is 4. The van der Waals surface area contributed by atoms with Crippen molar-refractivity contribution in [1.29, 1.82) is 0 Å². The summed E-state index contributed by atoms with van der Waals surface area (Å²) >= 11 is 6.98. The lowest BCUT2D eigenvalue weighted by molar-refractivity contribution is 1.10. The molecule has 6 heteroatoms. The lowest BCUT2D eigenvalue weighted by Crippen LogP contribution is -1.97. The van der Waals surface area contributed by atoms with E-state index in [9.17, 15) is 0 Å². The van der Waals surface area contributed by atoms with Gasteiger partial charge in [-0.15, -0.1) is 0 Å². The monoisotopic (exact) mass is 696 g/mol. The first-order valence-corrected chi connectivity index (χ1v) is 15.8. The van der Waals surface area contributed by atoms with Crippen molar-refractivity contribution >= 4 is 53.9 Å². The molecule has 8 rings (SSSR count). The molecule has 4 nitrogen and oxygen atoms in total. The van der Waals surface area contributed by atoms with Gasteiger partial charge in [-0.1, -0.05) is 117 Å². The molecule has 2 heterocycles. The van der Waals surface area contributed by atoms with Crippen LogP contribution in [0.3, 0.4) is 0 Å². The number of halogens is 2. The van der Waals surface area contributed by atoms with Crippen LogP contribution in [0.15, 0.2) is 167 Å². The predicted molar refractivity (Wildman–Crippen MR) is 188 cm³/mol. The van der Waals surface area contributed by atoms with E-state index in [-0.39, 0.29) is 0 Å². The van der Waals surface area contributed by atoms with Gasteiger partial charge in [0.25, 0.3) is 0 Å². The van der Waals surface area contributed by atoms with Gasteiger partial charge in [0.15, 0.2) is 0 Å². The van der Waals surface area contributed by atoms with Gasteiger partial charge >= 0.3 is 0 Å². The summed E-state index contributed by atoms with van der Waals surface area (Å²) in [7, 11) is 0. The standard InChI is InChI=1S/2C19H13BrN2/c2*20-15-12-10-14(11-13-15)19-21-17-8-4-5-9-18(17)22(19)16-6-2-1-3-7-16/h2*1-13H. The Morgan fingerprint density at radius 2 is 0.705 bits per heavy atom. The van der Waals surface area contributed by atoms with E-state index >= 15 is 0 Å². The number of hydrogen-bond donors (Lipinski definition) is 0. The SMILES string of the molecule is Brc1ccc(-c2nc3ccccc3n2-c2ccccc2)cc1.Brc1ccc(-c2nc3ccccc3n2-c2ccccc2)cc1. The Morgan fingerprint density at radius 1 is 0.364 bits per heavy atom. The average Bonchev–Trinajstić information content (AvgIpc) is 3.66. The van der Waals surface area contributed by atoms with Gasteiger partial charge in [-0.25, -0.2) is 9.97 Å². The summed E-state index contributed by atoms with van der Waals surface area (Å²) in [5, 5.41) is 0. The Balaban J connectivity index is 0.000000142. The van der Waals surface area contributed by atoms with Crippen LogP contribution < -0.4 is 0 Å². The molecule has 8 aromatic rings. The Labute approximate surface area is 272 Å². The third-order valence-corrected chi connectivity index (χ3v) is 8.41. The predicted octanol–water partition coefficient (Wildman–Crippen LogP) is 10.9. The minimum atomic E-state index is 0.958. The smallest absolute Gasteiger partial charge is 0.145 e. The molecule has 0 amide bonds. The van der Waals surface area contributed by atoms with Crippen molar-refractivity contribution in [2.45, 2.75) is 0 Å². The average molecular weight is 698 g/mol. The Kier molecular flexibility index (Phi) is 7.93. The molecule has 0 aliphatic rings. The van der Waals surface area contributed by atoms with Crippen LogP contribution in [-0.4, -0.2) is 19.1 Å². The van der Waals surface area contributed by atoms with E-state index < -0.39 is 0 Å². The first-order chi connectivity index (χ1) is 21.7. The topological polar surface area (TPSA) is 35.6 Å². The van der Waals surface area contributed by atoms with Gasteiger partial charge in [0.05, 0.1) is 22.1 Å². The summed E-state index contributed by atoms with van der Waals surface area (Å²) < 4.78 is 6.55. The maximum Gasteiger partial charge on any atom is 0.145 e. The fourth-order valence-corrected chi connectivity index (χ4v) is 5.84. The minimum Gasteiger partial charge on any atom is -0.292 e. The van der Waals surface area contributed by atoms with Crippen LogP contribution in [0.5, 0.6) is 0 Å². The van der Waals surface area contributed by atoms with Crippen molar-refractivity contribution in [3.63, 3.8) is 0 Å². The largest absolute Gasteiger partial charge is 0.292 e. The summed E-state index contributed by atoms with van der Waals surface area (Å²) in [6.45, 7) is 0. The quantitative estimate of drug-likeness (QED) is 0.183. The number of imidazole rings is 2. The number of rotatable bonds is 4. The van der Waals surface area contributed by atoms with Crippen molar-refractivity contribution in [2.75, 3.05) is 0 Å². The van der Waals surface area contributed by atoms with E-state index in [1.165, 1.54) is 0 Å². The van der Waals surface area contributed by atoms with Gasteiger partial charge in [-0.3, -0.25) is 9.13 Å². The van der Waals surface area contributed by atoms with Crippen LogP contribution in [0.4, 0.5) is 0 Å². The molecule has 0 unspecified atom stereocenters. The summed E-state index contributed by atoms with van der Waals surface area (Å²) in [4.78, 5) is 9.67. The highest BCUT2D eigenvalue weighted by Crippen LogP contribution is 2.30. The summed E-state index contributed by atoms with van der Waals surface area (Å²) in [6, 6.07) is 53.7. The molecule has 2 aromatic heterocycles. The molecule has 44 heavy (non-hydrogen) atoms. The number of para-hydroxylation sites is 6. The maximum atomic E-state index is 4.84. The Morgan fingerprint density at radius 3 is 1.09 bits per heavy atom. The van der Waals surface area contributed by atoms with Gasteiger partial charge in [-0.05, 0) is 72.8 Å². The Bertz CT molecular complexity index is 2010.